The lowest BCUT2D eigenvalue weighted by molar-refractivity contribution is 0.514. The van der Waals surface area contributed by atoms with E-state index in [0.29, 0.717) is 6.54 Å². The van der Waals surface area contributed by atoms with Crippen molar-refractivity contribution in [1.29, 1.82) is 0 Å². The Morgan fingerprint density at radius 1 is 1.47 bits per heavy atom. The highest BCUT2D eigenvalue weighted by Gasteiger charge is 2.12. The summed E-state index contributed by atoms with van der Waals surface area (Å²) in [7, 11) is -0.826. The van der Waals surface area contributed by atoms with Crippen LogP contribution < -0.4 is 5.32 Å². The third-order valence-electron chi connectivity index (χ3n) is 2.88. The number of halogens is 1. The molecule has 0 amide bonds. The van der Waals surface area contributed by atoms with Crippen LogP contribution in [0.3, 0.4) is 0 Å². The summed E-state index contributed by atoms with van der Waals surface area (Å²) in [6.45, 7) is 4.68. The molecule has 2 nitrogen and oxygen atoms in total. The molecule has 1 aromatic rings. The highest BCUT2D eigenvalue weighted by Crippen LogP contribution is 2.17. The zero-order valence-electron chi connectivity index (χ0n) is 10.6. The first-order valence-corrected chi connectivity index (χ1v) is 7.47. The Labute approximate surface area is 105 Å². The number of hydrogen-bond donors (Lipinski definition) is 1. The average Bonchev–Trinajstić information content (AvgIpc) is 2.29. The van der Waals surface area contributed by atoms with E-state index in [0.717, 1.165) is 12.0 Å². The van der Waals surface area contributed by atoms with Gasteiger partial charge in [0.25, 0.3) is 0 Å². The molecule has 17 heavy (non-hydrogen) atoms. The first kappa shape index (κ1) is 14.3. The van der Waals surface area contributed by atoms with Crippen LogP contribution in [0.5, 0.6) is 0 Å². The standard InChI is InChI=1S/C13H20FNOS/c1-4-13(15-9-10(2)17(3)16)11-6-5-7-12(14)8-11/h5-8,10,13,15H,4,9H2,1-3H3. The van der Waals surface area contributed by atoms with Crippen LogP contribution in [0.25, 0.3) is 0 Å². The maximum absolute atomic E-state index is 13.1. The maximum atomic E-state index is 13.1. The molecule has 0 saturated heterocycles. The molecule has 3 unspecified atom stereocenters. The van der Waals surface area contributed by atoms with Gasteiger partial charge in [-0.3, -0.25) is 4.21 Å². The highest BCUT2D eigenvalue weighted by molar-refractivity contribution is 7.84. The zero-order valence-corrected chi connectivity index (χ0v) is 11.4. The van der Waals surface area contributed by atoms with Crippen molar-refractivity contribution in [3.63, 3.8) is 0 Å². The van der Waals surface area contributed by atoms with Crippen LogP contribution in [0.2, 0.25) is 0 Å². The molecule has 96 valence electrons. The second kappa shape index (κ2) is 6.87. The lowest BCUT2D eigenvalue weighted by Crippen LogP contribution is -2.30. The van der Waals surface area contributed by atoms with Crippen LogP contribution in [-0.2, 0) is 10.8 Å². The van der Waals surface area contributed by atoms with E-state index in [2.05, 4.69) is 12.2 Å². The fourth-order valence-electron chi connectivity index (χ4n) is 1.65. The summed E-state index contributed by atoms with van der Waals surface area (Å²) in [5.41, 5.74) is 0.946. The summed E-state index contributed by atoms with van der Waals surface area (Å²) in [5.74, 6) is -0.213. The summed E-state index contributed by atoms with van der Waals surface area (Å²) in [4.78, 5) is 0. The van der Waals surface area contributed by atoms with Gasteiger partial charge in [0.2, 0.25) is 0 Å². The molecular weight excluding hydrogens is 237 g/mol. The van der Waals surface area contributed by atoms with Crippen LogP contribution in [0.4, 0.5) is 4.39 Å². The fourth-order valence-corrected chi connectivity index (χ4v) is 1.98. The van der Waals surface area contributed by atoms with Gasteiger partial charge in [-0.15, -0.1) is 0 Å². The molecule has 0 aliphatic carbocycles. The van der Waals surface area contributed by atoms with Gasteiger partial charge < -0.3 is 5.32 Å². The van der Waals surface area contributed by atoms with Crippen molar-refractivity contribution in [1.82, 2.24) is 5.32 Å². The molecule has 3 atom stereocenters. The van der Waals surface area contributed by atoms with Crippen LogP contribution in [-0.4, -0.2) is 22.3 Å². The molecule has 1 rings (SSSR count). The van der Waals surface area contributed by atoms with Gasteiger partial charge in [-0.05, 0) is 31.0 Å². The van der Waals surface area contributed by atoms with E-state index in [4.69, 9.17) is 0 Å². The summed E-state index contributed by atoms with van der Waals surface area (Å²) in [6, 6.07) is 6.75. The van der Waals surface area contributed by atoms with Crippen LogP contribution in [0.1, 0.15) is 31.9 Å². The van der Waals surface area contributed by atoms with Crippen molar-refractivity contribution in [3.05, 3.63) is 35.6 Å². The van der Waals surface area contributed by atoms with E-state index < -0.39 is 10.8 Å². The number of hydrogen-bond acceptors (Lipinski definition) is 2. The zero-order chi connectivity index (χ0) is 12.8. The van der Waals surface area contributed by atoms with Crippen molar-refractivity contribution < 1.29 is 8.60 Å². The van der Waals surface area contributed by atoms with Gasteiger partial charge >= 0.3 is 0 Å². The second-order valence-corrected chi connectivity index (χ2v) is 6.04. The van der Waals surface area contributed by atoms with Gasteiger partial charge in [0.05, 0.1) is 0 Å². The molecule has 0 saturated carbocycles. The molecule has 0 spiro atoms. The Morgan fingerprint density at radius 2 is 2.18 bits per heavy atom. The predicted molar refractivity (Wildman–Crippen MR) is 71.0 cm³/mol. The molecule has 0 aliphatic rings. The van der Waals surface area contributed by atoms with E-state index >= 15 is 0 Å². The first-order chi connectivity index (χ1) is 8.04. The summed E-state index contributed by atoms with van der Waals surface area (Å²) in [6.07, 6.45) is 2.59. The highest BCUT2D eigenvalue weighted by atomic mass is 32.2. The molecule has 1 N–H and O–H groups in total. The maximum Gasteiger partial charge on any atom is 0.123 e. The van der Waals surface area contributed by atoms with Gasteiger partial charge in [-0.2, -0.15) is 0 Å². The van der Waals surface area contributed by atoms with Crippen LogP contribution >= 0.6 is 0 Å². The summed E-state index contributed by atoms with van der Waals surface area (Å²) >= 11 is 0. The third-order valence-corrected chi connectivity index (χ3v) is 4.18. The third kappa shape index (κ3) is 4.56. The quantitative estimate of drug-likeness (QED) is 0.849. The largest absolute Gasteiger partial charge is 0.309 e. The number of benzene rings is 1. The average molecular weight is 257 g/mol. The van der Waals surface area contributed by atoms with E-state index in [9.17, 15) is 8.60 Å². The minimum atomic E-state index is -0.826. The van der Waals surface area contributed by atoms with E-state index in [1.807, 2.05) is 13.0 Å². The van der Waals surface area contributed by atoms with Crippen molar-refractivity contribution in [3.8, 4) is 0 Å². The molecule has 0 aliphatic heterocycles. The Kier molecular flexibility index (Phi) is 5.78. The topological polar surface area (TPSA) is 29.1 Å². The van der Waals surface area contributed by atoms with Gasteiger partial charge in [-0.25, -0.2) is 4.39 Å². The molecule has 0 bridgehead atoms. The SMILES string of the molecule is CCC(NCC(C)S(C)=O)c1cccc(F)c1. The first-order valence-electron chi connectivity index (χ1n) is 5.85. The van der Waals surface area contributed by atoms with E-state index in [1.54, 1.807) is 18.4 Å². The Bertz CT molecular complexity index is 383. The second-order valence-electron chi connectivity index (χ2n) is 4.23. The van der Waals surface area contributed by atoms with E-state index in [-0.39, 0.29) is 17.1 Å². The van der Waals surface area contributed by atoms with Gasteiger partial charge in [0.15, 0.2) is 0 Å². The molecule has 0 fully saturated rings. The lowest BCUT2D eigenvalue weighted by Gasteiger charge is -2.19. The van der Waals surface area contributed by atoms with Crippen molar-refractivity contribution >= 4 is 10.8 Å². The molecule has 0 radical (unpaired) electrons. The Hall–Kier alpha value is -0.740. The molecule has 1 aromatic carbocycles. The van der Waals surface area contributed by atoms with Crippen molar-refractivity contribution in [2.45, 2.75) is 31.6 Å². The Balaban J connectivity index is 2.63. The minimum absolute atomic E-state index is 0.109. The molecular formula is C13H20FNOS. The monoisotopic (exact) mass is 257 g/mol. The normalized spacial score (nSPS) is 16.5. The minimum Gasteiger partial charge on any atom is -0.309 e. The summed E-state index contributed by atoms with van der Waals surface area (Å²) in [5, 5.41) is 3.44. The van der Waals surface area contributed by atoms with Crippen molar-refractivity contribution in [2.24, 2.45) is 0 Å². The summed E-state index contributed by atoms with van der Waals surface area (Å²) < 4.78 is 24.4. The predicted octanol–water partition coefficient (Wildman–Crippen LogP) is 2.63. The fraction of sp³-hybridized carbons (Fsp3) is 0.538. The molecule has 0 aromatic heterocycles. The smallest absolute Gasteiger partial charge is 0.123 e. The molecule has 4 heteroatoms. The molecule has 0 heterocycles. The number of nitrogens with one attached hydrogen (secondary N) is 1. The van der Waals surface area contributed by atoms with Gasteiger partial charge in [0.1, 0.15) is 5.82 Å². The van der Waals surface area contributed by atoms with Gasteiger partial charge in [-0.1, -0.05) is 19.1 Å². The van der Waals surface area contributed by atoms with E-state index in [1.165, 1.54) is 6.07 Å². The Morgan fingerprint density at radius 3 is 2.71 bits per heavy atom. The van der Waals surface area contributed by atoms with Crippen LogP contribution in [0, 0.1) is 5.82 Å². The lowest BCUT2D eigenvalue weighted by atomic mass is 10.0. The van der Waals surface area contributed by atoms with Crippen LogP contribution in [0.15, 0.2) is 24.3 Å². The van der Waals surface area contributed by atoms with Crippen molar-refractivity contribution in [2.75, 3.05) is 12.8 Å². The van der Waals surface area contributed by atoms with Gasteiger partial charge in [0, 0.05) is 34.9 Å². The number of rotatable bonds is 6.